The first-order valence-electron chi connectivity index (χ1n) is 13.6. The summed E-state index contributed by atoms with van der Waals surface area (Å²) in [5.41, 5.74) is 0.938. The molecule has 232 valence electrons. The van der Waals surface area contributed by atoms with Crippen LogP contribution in [0, 0.1) is 11.3 Å². The topological polar surface area (TPSA) is 122 Å². The van der Waals surface area contributed by atoms with Crippen molar-refractivity contribution < 1.29 is 22.8 Å². The maximum atomic E-state index is 12.9. The molecule has 1 aliphatic heterocycles. The highest BCUT2D eigenvalue weighted by Crippen LogP contribution is 2.26. The first kappa shape index (κ1) is 32.6. The molecular formula is C29H29ClF3N7O3S. The van der Waals surface area contributed by atoms with Crippen molar-refractivity contribution in [1.82, 2.24) is 14.8 Å². The number of rotatable bonds is 9. The molecule has 15 heteroatoms. The van der Waals surface area contributed by atoms with E-state index in [9.17, 15) is 32.8 Å². The molecule has 1 fully saturated rings. The van der Waals surface area contributed by atoms with Gasteiger partial charge in [0, 0.05) is 50.3 Å². The lowest BCUT2D eigenvalue weighted by Gasteiger charge is -2.36. The number of aromatic nitrogens is 1. The molecule has 0 bridgehead atoms. The highest BCUT2D eigenvalue weighted by molar-refractivity contribution is 7.07. The smallest absolute Gasteiger partial charge is 0.368 e. The van der Waals surface area contributed by atoms with Gasteiger partial charge in [-0.1, -0.05) is 29.8 Å². The number of hydrogen-bond donors (Lipinski definition) is 3. The van der Waals surface area contributed by atoms with Gasteiger partial charge in [0.2, 0.25) is 5.91 Å². The van der Waals surface area contributed by atoms with E-state index in [1.54, 1.807) is 42.6 Å². The van der Waals surface area contributed by atoms with Crippen LogP contribution in [-0.2, 0) is 16.1 Å². The van der Waals surface area contributed by atoms with Gasteiger partial charge < -0.3 is 20.9 Å². The number of amides is 2. The predicted octanol–water partition coefficient (Wildman–Crippen LogP) is 2.55. The van der Waals surface area contributed by atoms with E-state index in [-0.39, 0.29) is 28.2 Å². The second-order valence-corrected chi connectivity index (χ2v) is 11.2. The zero-order valence-corrected chi connectivity index (χ0v) is 25.2. The summed E-state index contributed by atoms with van der Waals surface area (Å²) in [6.07, 6.45) is -3.27. The minimum absolute atomic E-state index is 0.0542. The normalized spacial score (nSPS) is 15.0. The molecule has 1 saturated heterocycles. The number of para-hydroxylation sites is 1. The number of carbonyl (C=O) groups excluding carboxylic acids is 2. The lowest BCUT2D eigenvalue weighted by atomic mass is 10.2. The van der Waals surface area contributed by atoms with Crippen LogP contribution in [0.4, 0.5) is 30.2 Å². The van der Waals surface area contributed by atoms with Crippen molar-refractivity contribution >= 4 is 63.6 Å². The average Bonchev–Trinajstić information content (AvgIpc) is 3.30. The molecule has 4 rings (SSSR count). The van der Waals surface area contributed by atoms with Gasteiger partial charge in [0.15, 0.2) is 5.57 Å². The first-order chi connectivity index (χ1) is 21.0. The van der Waals surface area contributed by atoms with Crippen LogP contribution < -0.4 is 35.6 Å². The summed E-state index contributed by atoms with van der Waals surface area (Å²) >= 11 is 7.12. The highest BCUT2D eigenvalue weighted by Gasteiger charge is 2.29. The van der Waals surface area contributed by atoms with Gasteiger partial charge in [0.05, 0.1) is 17.3 Å². The number of carbonyl (C=O) groups is 2. The van der Waals surface area contributed by atoms with E-state index >= 15 is 0 Å². The quantitative estimate of drug-likeness (QED) is 0.326. The Bertz CT molecular complexity index is 1740. The molecule has 2 heterocycles. The van der Waals surface area contributed by atoms with E-state index in [2.05, 4.69) is 20.4 Å². The molecule has 3 aromatic rings. The van der Waals surface area contributed by atoms with E-state index in [4.69, 9.17) is 11.6 Å². The second kappa shape index (κ2) is 14.4. The third-order valence-corrected chi connectivity index (χ3v) is 8.12. The number of nitrogens with one attached hydrogen (secondary N) is 3. The first-order valence-corrected chi connectivity index (χ1v) is 14.8. The van der Waals surface area contributed by atoms with Crippen LogP contribution in [0.1, 0.15) is 6.92 Å². The third-order valence-electron chi connectivity index (χ3n) is 6.67. The molecular weight excluding hydrogens is 619 g/mol. The molecule has 0 radical (unpaired) electrons. The number of thiazole rings is 1. The third kappa shape index (κ3) is 8.40. The van der Waals surface area contributed by atoms with Crippen LogP contribution in [0.5, 0.6) is 0 Å². The van der Waals surface area contributed by atoms with Crippen molar-refractivity contribution in [3.05, 3.63) is 73.1 Å². The number of nitrogens with zero attached hydrogens (tertiary/aromatic N) is 4. The molecule has 0 aliphatic carbocycles. The van der Waals surface area contributed by atoms with Gasteiger partial charge in [0.25, 0.3) is 11.5 Å². The lowest BCUT2D eigenvalue weighted by molar-refractivity contribution is -0.135. The zero-order valence-electron chi connectivity index (χ0n) is 23.6. The summed E-state index contributed by atoms with van der Waals surface area (Å²) in [7, 11) is 0. The monoisotopic (exact) mass is 647 g/mol. The summed E-state index contributed by atoms with van der Waals surface area (Å²) in [5.74, 6) is -1.41. The summed E-state index contributed by atoms with van der Waals surface area (Å²) < 4.78 is 38.8. The second-order valence-electron chi connectivity index (χ2n) is 9.74. The molecule has 2 amide bonds. The molecule has 3 N–H and O–H groups in total. The molecule has 2 aromatic carbocycles. The fraction of sp³-hybridized carbons (Fsp3) is 0.310. The van der Waals surface area contributed by atoms with Crippen LogP contribution in [0.3, 0.4) is 0 Å². The van der Waals surface area contributed by atoms with Crippen LogP contribution >= 0.6 is 22.9 Å². The fourth-order valence-electron chi connectivity index (χ4n) is 4.55. The number of piperazine rings is 1. The van der Waals surface area contributed by atoms with Crippen molar-refractivity contribution in [2.45, 2.75) is 19.6 Å². The van der Waals surface area contributed by atoms with Crippen LogP contribution in [-0.4, -0.2) is 66.7 Å². The number of hydrogen-bond acceptors (Lipinski definition) is 8. The number of halogens is 4. The predicted molar refractivity (Wildman–Crippen MR) is 165 cm³/mol. The van der Waals surface area contributed by atoms with Gasteiger partial charge in [-0.3, -0.25) is 23.9 Å². The van der Waals surface area contributed by atoms with Crippen molar-refractivity contribution in [2.75, 3.05) is 54.8 Å². The van der Waals surface area contributed by atoms with Gasteiger partial charge in [-0.2, -0.15) is 18.4 Å². The molecule has 10 nitrogen and oxygen atoms in total. The van der Waals surface area contributed by atoms with E-state index in [0.717, 1.165) is 34.7 Å². The maximum absolute atomic E-state index is 12.9. The zero-order chi connectivity index (χ0) is 31.9. The Kier molecular flexibility index (Phi) is 10.7. The molecule has 0 atom stereocenters. The standard InChI is InChI=1S/C29H29ClF3N7O3S/c1-2-40-27(43)24(44-28(40)21(15-34)26(42)36-18-29(31,32)33)16-35-19-6-5-7-20(14-19)37-25(41)17-38-10-12-39(13-11-38)23-9-4-3-8-22(23)30/h3-9,14,16,35H,2,10-13,17-18H2,1H3,(H,36,42)(H,37,41). The van der Waals surface area contributed by atoms with Crippen LogP contribution in [0.25, 0.3) is 11.8 Å². The van der Waals surface area contributed by atoms with Crippen LogP contribution in [0.2, 0.25) is 5.02 Å². The average molecular weight is 648 g/mol. The van der Waals surface area contributed by atoms with Crippen molar-refractivity contribution in [3.63, 3.8) is 0 Å². The summed E-state index contributed by atoms with van der Waals surface area (Å²) in [6, 6.07) is 16.1. The fourth-order valence-corrected chi connectivity index (χ4v) is 5.89. The Morgan fingerprint density at radius 1 is 1.09 bits per heavy atom. The Morgan fingerprint density at radius 3 is 2.45 bits per heavy atom. The summed E-state index contributed by atoms with van der Waals surface area (Å²) in [4.78, 5) is 42.2. The van der Waals surface area contributed by atoms with Crippen LogP contribution in [0.15, 0.2) is 53.3 Å². The Labute approximate surface area is 259 Å². The highest BCUT2D eigenvalue weighted by atomic mass is 35.5. The molecule has 0 saturated carbocycles. The molecule has 1 aromatic heterocycles. The van der Waals surface area contributed by atoms with E-state index in [0.29, 0.717) is 29.5 Å². The van der Waals surface area contributed by atoms with E-state index in [1.807, 2.05) is 24.3 Å². The Hall–Kier alpha value is -4.32. The van der Waals surface area contributed by atoms with Gasteiger partial charge in [0.1, 0.15) is 21.8 Å². The lowest BCUT2D eigenvalue weighted by Crippen LogP contribution is -2.48. The van der Waals surface area contributed by atoms with E-state index < -0.39 is 29.8 Å². The maximum Gasteiger partial charge on any atom is 0.405 e. The molecule has 0 unspecified atom stereocenters. The van der Waals surface area contributed by atoms with Gasteiger partial charge in [-0.15, -0.1) is 11.3 Å². The minimum Gasteiger partial charge on any atom is -0.368 e. The van der Waals surface area contributed by atoms with E-state index in [1.165, 1.54) is 6.20 Å². The van der Waals surface area contributed by atoms with Gasteiger partial charge in [-0.25, -0.2) is 0 Å². The minimum atomic E-state index is -4.65. The Morgan fingerprint density at radius 2 is 1.80 bits per heavy atom. The number of benzene rings is 2. The number of alkyl halides is 3. The molecule has 1 aliphatic rings. The number of nitriles is 1. The largest absolute Gasteiger partial charge is 0.405 e. The summed E-state index contributed by atoms with van der Waals surface area (Å²) in [6.45, 7) is 3.18. The van der Waals surface area contributed by atoms with Gasteiger partial charge in [-0.05, 0) is 37.3 Å². The Balaban J connectivity index is 1.41. The van der Waals surface area contributed by atoms with Crippen molar-refractivity contribution in [3.8, 4) is 6.07 Å². The van der Waals surface area contributed by atoms with Gasteiger partial charge >= 0.3 is 6.18 Å². The summed E-state index contributed by atoms with van der Waals surface area (Å²) in [5, 5.41) is 17.7. The van der Waals surface area contributed by atoms with Crippen molar-refractivity contribution in [2.24, 2.45) is 0 Å². The SMILES string of the molecule is CCn1c(=C(C#N)C(=O)NCC(F)(F)F)sc(=CNc2cccc(NC(=O)CN3CCN(c4ccccc4Cl)CC3)c2)c1=O. The molecule has 0 spiro atoms. The molecule has 44 heavy (non-hydrogen) atoms. The number of anilines is 3. The van der Waals surface area contributed by atoms with Crippen molar-refractivity contribution in [1.29, 1.82) is 5.26 Å².